The SMILES string of the molecule is CCCCC/C(=C\c1ccccc1)COC=O. The second-order valence-electron chi connectivity index (χ2n) is 4.08. The maximum Gasteiger partial charge on any atom is 0.293 e. The lowest BCUT2D eigenvalue weighted by Crippen LogP contribution is -1.97. The van der Waals surface area contributed by atoms with Gasteiger partial charge in [-0.05, 0) is 24.0 Å². The van der Waals surface area contributed by atoms with Crippen LogP contribution >= 0.6 is 0 Å². The molecule has 0 saturated carbocycles. The number of rotatable bonds is 8. The number of benzene rings is 1. The van der Waals surface area contributed by atoms with E-state index in [0.717, 1.165) is 18.4 Å². The molecule has 0 fully saturated rings. The normalized spacial score (nSPS) is 11.2. The largest absolute Gasteiger partial charge is 0.463 e. The number of unbranched alkanes of at least 4 members (excludes halogenated alkanes) is 2. The van der Waals surface area contributed by atoms with Crippen molar-refractivity contribution in [3.8, 4) is 0 Å². The second kappa shape index (κ2) is 8.57. The summed E-state index contributed by atoms with van der Waals surface area (Å²) in [7, 11) is 0. The molecule has 0 aliphatic rings. The second-order valence-corrected chi connectivity index (χ2v) is 4.08. The molecule has 1 rings (SSSR count). The summed E-state index contributed by atoms with van der Waals surface area (Å²) < 4.78 is 4.85. The lowest BCUT2D eigenvalue weighted by Gasteiger charge is -2.06. The number of carbonyl (C=O) groups is 1. The minimum atomic E-state index is 0.405. The van der Waals surface area contributed by atoms with E-state index in [1.54, 1.807) is 0 Å². The molecule has 0 amide bonds. The van der Waals surface area contributed by atoms with Gasteiger partial charge in [0.05, 0.1) is 0 Å². The van der Waals surface area contributed by atoms with Crippen LogP contribution in [0.15, 0.2) is 35.9 Å². The van der Waals surface area contributed by atoms with E-state index in [4.69, 9.17) is 4.74 Å². The van der Waals surface area contributed by atoms with Crippen LogP contribution in [-0.4, -0.2) is 13.1 Å². The number of hydrogen-bond donors (Lipinski definition) is 0. The lowest BCUT2D eigenvalue weighted by molar-refractivity contribution is -0.127. The van der Waals surface area contributed by atoms with Crippen molar-refractivity contribution in [1.29, 1.82) is 0 Å². The Morgan fingerprint density at radius 2 is 2.00 bits per heavy atom. The summed E-state index contributed by atoms with van der Waals surface area (Å²) in [6.45, 7) is 3.10. The average molecular weight is 232 g/mol. The summed E-state index contributed by atoms with van der Waals surface area (Å²) in [5, 5.41) is 0. The van der Waals surface area contributed by atoms with Crippen molar-refractivity contribution in [2.24, 2.45) is 0 Å². The van der Waals surface area contributed by atoms with E-state index >= 15 is 0 Å². The first kappa shape index (κ1) is 13.5. The van der Waals surface area contributed by atoms with Gasteiger partial charge in [-0.25, -0.2) is 0 Å². The molecule has 2 nitrogen and oxygen atoms in total. The zero-order valence-corrected chi connectivity index (χ0v) is 10.4. The van der Waals surface area contributed by atoms with E-state index in [-0.39, 0.29) is 0 Å². The highest BCUT2D eigenvalue weighted by Crippen LogP contribution is 2.14. The van der Waals surface area contributed by atoms with Crippen LogP contribution in [0.5, 0.6) is 0 Å². The Kier molecular flexibility index (Phi) is 6.80. The van der Waals surface area contributed by atoms with Gasteiger partial charge in [0.2, 0.25) is 0 Å². The van der Waals surface area contributed by atoms with Gasteiger partial charge in [-0.3, -0.25) is 4.79 Å². The predicted octanol–water partition coefficient (Wildman–Crippen LogP) is 3.82. The van der Waals surface area contributed by atoms with E-state index in [1.165, 1.54) is 18.4 Å². The number of ether oxygens (including phenoxy) is 1. The molecule has 2 heteroatoms. The molecule has 17 heavy (non-hydrogen) atoms. The summed E-state index contributed by atoms with van der Waals surface area (Å²) in [5.74, 6) is 0. The third-order valence-corrected chi connectivity index (χ3v) is 2.61. The van der Waals surface area contributed by atoms with E-state index < -0.39 is 0 Å². The van der Waals surface area contributed by atoms with Gasteiger partial charge in [0, 0.05) is 0 Å². The van der Waals surface area contributed by atoms with Crippen molar-refractivity contribution >= 4 is 12.5 Å². The molecule has 0 saturated heterocycles. The molecule has 0 atom stereocenters. The third kappa shape index (κ3) is 5.91. The highest BCUT2D eigenvalue weighted by Gasteiger charge is 1.99. The zero-order valence-electron chi connectivity index (χ0n) is 10.4. The predicted molar refractivity (Wildman–Crippen MR) is 70.6 cm³/mol. The standard InChI is InChI=1S/C15H20O2/c1-2-3-5-10-15(12-17-13-16)11-14-8-6-4-7-9-14/h4,6-9,11,13H,2-3,5,10,12H2,1H3/b15-11+. The molecule has 92 valence electrons. The summed E-state index contributed by atoms with van der Waals surface area (Å²) in [5.41, 5.74) is 2.34. The first-order chi connectivity index (χ1) is 8.36. The lowest BCUT2D eigenvalue weighted by atomic mass is 10.1. The molecular weight excluding hydrogens is 212 g/mol. The van der Waals surface area contributed by atoms with Gasteiger partial charge in [0.1, 0.15) is 6.61 Å². The Hall–Kier alpha value is -1.57. The minimum Gasteiger partial charge on any atom is -0.463 e. The maximum atomic E-state index is 10.2. The van der Waals surface area contributed by atoms with Crippen LogP contribution in [0.25, 0.3) is 6.08 Å². The highest BCUT2D eigenvalue weighted by atomic mass is 16.5. The molecule has 0 spiro atoms. The summed E-state index contributed by atoms with van der Waals surface area (Å²) in [6.07, 6.45) is 6.67. The molecule has 1 aromatic carbocycles. The number of hydrogen-bond acceptors (Lipinski definition) is 2. The van der Waals surface area contributed by atoms with Crippen LogP contribution < -0.4 is 0 Å². The fourth-order valence-corrected chi connectivity index (χ4v) is 1.71. The van der Waals surface area contributed by atoms with Crippen LogP contribution in [0.2, 0.25) is 0 Å². The van der Waals surface area contributed by atoms with E-state index in [1.807, 2.05) is 18.2 Å². The van der Waals surface area contributed by atoms with E-state index in [9.17, 15) is 4.79 Å². The van der Waals surface area contributed by atoms with E-state index in [0.29, 0.717) is 13.1 Å². The summed E-state index contributed by atoms with van der Waals surface area (Å²) in [6, 6.07) is 10.1. The fourth-order valence-electron chi connectivity index (χ4n) is 1.71. The summed E-state index contributed by atoms with van der Waals surface area (Å²) >= 11 is 0. The third-order valence-electron chi connectivity index (χ3n) is 2.61. The van der Waals surface area contributed by atoms with Gasteiger partial charge in [-0.1, -0.05) is 56.2 Å². The first-order valence-corrected chi connectivity index (χ1v) is 6.16. The van der Waals surface area contributed by atoms with Crippen LogP contribution in [0.3, 0.4) is 0 Å². The van der Waals surface area contributed by atoms with E-state index in [2.05, 4.69) is 25.1 Å². The topological polar surface area (TPSA) is 26.3 Å². The summed E-state index contributed by atoms with van der Waals surface area (Å²) in [4.78, 5) is 10.2. The molecular formula is C15H20O2. The fraction of sp³-hybridized carbons (Fsp3) is 0.400. The smallest absolute Gasteiger partial charge is 0.293 e. The van der Waals surface area contributed by atoms with Crippen molar-refractivity contribution in [3.05, 3.63) is 41.5 Å². The van der Waals surface area contributed by atoms with Crippen molar-refractivity contribution in [3.63, 3.8) is 0 Å². The zero-order chi connectivity index (χ0) is 12.3. The number of carbonyl (C=O) groups excluding carboxylic acids is 1. The van der Waals surface area contributed by atoms with Gasteiger partial charge in [0.25, 0.3) is 6.47 Å². The molecule has 0 radical (unpaired) electrons. The van der Waals surface area contributed by atoms with Crippen LogP contribution in [0.1, 0.15) is 38.2 Å². The molecule has 0 aromatic heterocycles. The van der Waals surface area contributed by atoms with Crippen LogP contribution in [0.4, 0.5) is 0 Å². The molecule has 0 unspecified atom stereocenters. The van der Waals surface area contributed by atoms with Gasteiger partial charge in [0.15, 0.2) is 0 Å². The van der Waals surface area contributed by atoms with Crippen LogP contribution in [0, 0.1) is 0 Å². The first-order valence-electron chi connectivity index (χ1n) is 6.16. The van der Waals surface area contributed by atoms with Gasteiger partial charge >= 0.3 is 0 Å². The highest BCUT2D eigenvalue weighted by molar-refractivity contribution is 5.53. The molecule has 0 bridgehead atoms. The minimum absolute atomic E-state index is 0.405. The Morgan fingerprint density at radius 3 is 2.65 bits per heavy atom. The van der Waals surface area contributed by atoms with Crippen molar-refractivity contribution in [2.45, 2.75) is 32.6 Å². The Morgan fingerprint density at radius 1 is 1.24 bits per heavy atom. The molecule has 0 aliphatic heterocycles. The van der Waals surface area contributed by atoms with Crippen molar-refractivity contribution in [2.75, 3.05) is 6.61 Å². The molecule has 0 N–H and O–H groups in total. The Balaban J connectivity index is 2.60. The van der Waals surface area contributed by atoms with Gasteiger partial charge < -0.3 is 4.74 Å². The Bertz CT molecular complexity index is 341. The van der Waals surface area contributed by atoms with Crippen LogP contribution in [-0.2, 0) is 9.53 Å². The van der Waals surface area contributed by atoms with Crippen molar-refractivity contribution < 1.29 is 9.53 Å². The maximum absolute atomic E-state index is 10.2. The van der Waals surface area contributed by atoms with Gasteiger partial charge in [-0.2, -0.15) is 0 Å². The molecule has 0 aliphatic carbocycles. The quantitative estimate of drug-likeness (QED) is 0.503. The van der Waals surface area contributed by atoms with Crippen molar-refractivity contribution in [1.82, 2.24) is 0 Å². The van der Waals surface area contributed by atoms with Gasteiger partial charge in [-0.15, -0.1) is 0 Å². The molecule has 0 heterocycles. The Labute approximate surface area is 103 Å². The monoisotopic (exact) mass is 232 g/mol. The molecule has 1 aromatic rings. The average Bonchev–Trinajstić information content (AvgIpc) is 2.37.